The van der Waals surface area contributed by atoms with Crippen LogP contribution in [0.2, 0.25) is 0 Å². The zero-order valence-corrected chi connectivity index (χ0v) is 29.8. The van der Waals surface area contributed by atoms with Gasteiger partial charge in [0.15, 0.2) is 0 Å². The third kappa shape index (κ3) is 11.2. The second-order valence-corrected chi connectivity index (χ2v) is 17.0. The number of fused-ring (bicyclic) bond motifs is 1. The maximum Gasteiger partial charge on any atom is 0.412 e. The van der Waals surface area contributed by atoms with Crippen molar-refractivity contribution in [2.45, 2.75) is 156 Å². The Labute approximate surface area is 266 Å². The molecule has 1 saturated heterocycles. The van der Waals surface area contributed by atoms with Gasteiger partial charge in [-0.15, -0.1) is 0 Å². The van der Waals surface area contributed by atoms with Crippen LogP contribution >= 0.6 is 21.6 Å². The molecule has 4 nitrogen and oxygen atoms in total. The van der Waals surface area contributed by atoms with E-state index in [1.807, 2.05) is 21.6 Å². The molecule has 0 bridgehead atoms. The fourth-order valence-corrected chi connectivity index (χ4v) is 9.65. The molecule has 1 amide bonds. The first-order valence-corrected chi connectivity index (χ1v) is 19.4. The molecule has 3 rings (SSSR count). The second kappa shape index (κ2) is 17.5. The van der Waals surface area contributed by atoms with Gasteiger partial charge in [0.2, 0.25) is 0 Å². The van der Waals surface area contributed by atoms with E-state index < -0.39 is 0 Å². The summed E-state index contributed by atoms with van der Waals surface area (Å²) < 4.78 is 12.7. The molecule has 0 radical (unpaired) electrons. The lowest BCUT2D eigenvalue weighted by Gasteiger charge is -2.38. The van der Waals surface area contributed by atoms with E-state index in [0.29, 0.717) is 12.3 Å². The van der Waals surface area contributed by atoms with Crippen molar-refractivity contribution in [3.05, 3.63) is 22.3 Å². The van der Waals surface area contributed by atoms with Crippen LogP contribution in [0, 0.1) is 38.5 Å². The molecule has 0 aromatic heterocycles. The molecule has 2 aliphatic rings. The fraction of sp³-hybridized carbons (Fsp3) is 0.806. The first kappa shape index (κ1) is 35.5. The topological polar surface area (TPSA) is 47.6 Å². The van der Waals surface area contributed by atoms with Crippen LogP contribution in [-0.4, -0.2) is 29.2 Å². The van der Waals surface area contributed by atoms with E-state index in [9.17, 15) is 4.79 Å². The molecule has 0 saturated carbocycles. The molecule has 2 aliphatic heterocycles. The molecular formula is C36H61NO3S2. The molecule has 42 heavy (non-hydrogen) atoms. The largest absolute Gasteiger partial charge is 0.487 e. The van der Waals surface area contributed by atoms with Gasteiger partial charge in [-0.2, -0.15) is 0 Å². The highest BCUT2D eigenvalue weighted by molar-refractivity contribution is 8.77. The number of hydrogen-bond donors (Lipinski definition) is 1. The van der Waals surface area contributed by atoms with E-state index in [-0.39, 0.29) is 11.7 Å². The van der Waals surface area contributed by atoms with Crippen LogP contribution in [0.5, 0.6) is 11.5 Å². The van der Waals surface area contributed by atoms with Gasteiger partial charge in [0.05, 0.1) is 0 Å². The van der Waals surface area contributed by atoms with Crippen molar-refractivity contribution in [2.75, 3.05) is 12.3 Å². The second-order valence-electron chi connectivity index (χ2n) is 14.2. The summed E-state index contributed by atoms with van der Waals surface area (Å²) >= 11 is 0. The molecule has 240 valence electrons. The predicted molar refractivity (Wildman–Crippen MR) is 184 cm³/mol. The third-order valence-electron chi connectivity index (χ3n) is 9.73. The minimum atomic E-state index is -0.342. The first-order valence-electron chi connectivity index (χ1n) is 17.0. The maximum absolute atomic E-state index is 12.7. The quantitative estimate of drug-likeness (QED) is 0.139. The van der Waals surface area contributed by atoms with E-state index in [2.05, 4.69) is 60.7 Å². The van der Waals surface area contributed by atoms with Crippen LogP contribution < -0.4 is 14.8 Å². The Morgan fingerprint density at radius 3 is 2.26 bits per heavy atom. The Kier molecular flexibility index (Phi) is 14.8. The maximum atomic E-state index is 12.7. The lowest BCUT2D eigenvalue weighted by molar-refractivity contribution is 0.0511. The van der Waals surface area contributed by atoms with Crippen molar-refractivity contribution in [1.29, 1.82) is 0 Å². The van der Waals surface area contributed by atoms with Crippen molar-refractivity contribution in [3.8, 4) is 11.5 Å². The molecule has 4 atom stereocenters. The van der Waals surface area contributed by atoms with Crippen LogP contribution in [0.4, 0.5) is 4.79 Å². The molecular weight excluding hydrogens is 559 g/mol. The van der Waals surface area contributed by atoms with Gasteiger partial charge in [0.1, 0.15) is 17.1 Å². The van der Waals surface area contributed by atoms with Crippen molar-refractivity contribution in [3.63, 3.8) is 0 Å². The van der Waals surface area contributed by atoms with Gasteiger partial charge < -0.3 is 14.8 Å². The molecule has 2 heterocycles. The molecule has 1 N–H and O–H groups in total. The summed E-state index contributed by atoms with van der Waals surface area (Å²) in [6, 6.07) is 0. The van der Waals surface area contributed by atoms with Gasteiger partial charge in [-0.1, -0.05) is 94.2 Å². The van der Waals surface area contributed by atoms with E-state index >= 15 is 0 Å². The zero-order valence-electron chi connectivity index (χ0n) is 28.2. The Balaban J connectivity index is 1.44. The summed E-state index contributed by atoms with van der Waals surface area (Å²) in [5.74, 6) is 5.47. The summed E-state index contributed by atoms with van der Waals surface area (Å²) in [5, 5.41) is 3.71. The average Bonchev–Trinajstić information content (AvgIpc) is 3.45. The fourth-order valence-electron chi connectivity index (χ4n) is 6.63. The molecule has 6 heteroatoms. The van der Waals surface area contributed by atoms with Crippen molar-refractivity contribution in [1.82, 2.24) is 5.32 Å². The summed E-state index contributed by atoms with van der Waals surface area (Å²) in [6.07, 6.45) is 16.9. The summed E-state index contributed by atoms with van der Waals surface area (Å²) in [7, 11) is 3.96. The summed E-state index contributed by atoms with van der Waals surface area (Å²) in [4.78, 5) is 12.7. The summed E-state index contributed by atoms with van der Waals surface area (Å²) in [5.41, 5.74) is 4.26. The highest BCUT2D eigenvalue weighted by Crippen LogP contribution is 2.45. The Morgan fingerprint density at radius 1 is 0.952 bits per heavy atom. The zero-order chi connectivity index (χ0) is 30.7. The van der Waals surface area contributed by atoms with Crippen molar-refractivity contribution < 1.29 is 14.3 Å². The molecule has 0 aliphatic carbocycles. The van der Waals surface area contributed by atoms with E-state index in [1.54, 1.807) is 0 Å². The van der Waals surface area contributed by atoms with Crippen LogP contribution in [0.1, 0.15) is 140 Å². The standard InChI is InChI=1S/C36H61NO3S2/c1-25(2)13-9-14-26(3)15-10-16-27(4)17-11-21-36(8)22-19-32-30(7)33(28(5)29(6)34(32)40-36)39-35(38)37-23-12-18-31-20-24-41-42-31/h25-27,31H,9-24H2,1-8H3,(H,37,38)/t26?,27?,31-,36-/m1/s1. The first-order chi connectivity index (χ1) is 20.0. The van der Waals surface area contributed by atoms with Crippen LogP contribution in [0.3, 0.4) is 0 Å². The van der Waals surface area contributed by atoms with E-state index in [4.69, 9.17) is 9.47 Å². The van der Waals surface area contributed by atoms with Gasteiger partial charge in [-0.05, 0) is 107 Å². The van der Waals surface area contributed by atoms with Crippen molar-refractivity contribution >= 4 is 27.7 Å². The number of rotatable bonds is 17. The lowest BCUT2D eigenvalue weighted by atomic mass is 9.83. The smallest absolute Gasteiger partial charge is 0.412 e. The Bertz CT molecular complexity index is 991. The van der Waals surface area contributed by atoms with Gasteiger partial charge >= 0.3 is 6.09 Å². The van der Waals surface area contributed by atoms with Gasteiger partial charge in [-0.3, -0.25) is 0 Å². The van der Waals surface area contributed by atoms with Gasteiger partial charge in [0.25, 0.3) is 0 Å². The van der Waals surface area contributed by atoms with Gasteiger partial charge in [-0.25, -0.2) is 4.79 Å². The monoisotopic (exact) mass is 619 g/mol. The minimum Gasteiger partial charge on any atom is -0.487 e. The van der Waals surface area contributed by atoms with Crippen LogP contribution in [-0.2, 0) is 6.42 Å². The molecule has 0 spiro atoms. The average molecular weight is 620 g/mol. The molecule has 1 aromatic carbocycles. The number of carbonyl (C=O) groups is 1. The number of benzene rings is 1. The van der Waals surface area contributed by atoms with Crippen LogP contribution in [0.15, 0.2) is 0 Å². The number of nitrogens with one attached hydrogen (secondary N) is 1. The molecule has 1 fully saturated rings. The molecule has 1 aromatic rings. The third-order valence-corrected chi connectivity index (χ3v) is 12.7. The lowest BCUT2D eigenvalue weighted by Crippen LogP contribution is -2.37. The van der Waals surface area contributed by atoms with Crippen molar-refractivity contribution in [2.24, 2.45) is 17.8 Å². The number of carbonyl (C=O) groups excluding carboxylic acids is 1. The molecule has 2 unspecified atom stereocenters. The highest BCUT2D eigenvalue weighted by atomic mass is 33.1. The predicted octanol–water partition coefficient (Wildman–Crippen LogP) is 11.2. The van der Waals surface area contributed by atoms with Gasteiger partial charge in [0, 0.05) is 23.1 Å². The number of amides is 1. The summed E-state index contributed by atoms with van der Waals surface area (Å²) in [6.45, 7) is 18.8. The minimum absolute atomic E-state index is 0.128. The number of ether oxygens (including phenoxy) is 2. The normalized spacial score (nSPS) is 21.6. The van der Waals surface area contributed by atoms with E-state index in [1.165, 1.54) is 69.1 Å². The number of hydrogen-bond acceptors (Lipinski definition) is 5. The highest BCUT2D eigenvalue weighted by Gasteiger charge is 2.35. The Hall–Kier alpha value is -1.01. The Morgan fingerprint density at radius 2 is 1.62 bits per heavy atom. The van der Waals surface area contributed by atoms with E-state index in [0.717, 1.165) is 77.5 Å². The SMILES string of the molecule is Cc1c(C)c2c(c(C)c1OC(=O)NCCC[C@@H]1CCSS1)CC[C@@](C)(CCCC(C)CCCC(C)CCCC(C)C)O2. The van der Waals surface area contributed by atoms with Crippen LogP contribution in [0.25, 0.3) is 0 Å².